The number of rotatable bonds is 4. The first-order valence-electron chi connectivity index (χ1n) is 8.54. The quantitative estimate of drug-likeness (QED) is 0.835. The van der Waals surface area contributed by atoms with Crippen molar-refractivity contribution >= 4 is 10.0 Å². The number of methoxy groups -OCH3 is 1. The average molecular weight is 361 g/mol. The van der Waals surface area contributed by atoms with Crippen molar-refractivity contribution in [3.05, 3.63) is 48.3 Å². The van der Waals surface area contributed by atoms with Gasteiger partial charge in [-0.15, -0.1) is 0 Å². The number of aromatic nitrogens is 2. The van der Waals surface area contributed by atoms with E-state index in [0.717, 1.165) is 12.8 Å². The molecule has 1 aromatic carbocycles. The number of benzene rings is 1. The summed E-state index contributed by atoms with van der Waals surface area (Å²) >= 11 is 0. The van der Waals surface area contributed by atoms with Crippen molar-refractivity contribution in [2.45, 2.75) is 23.3 Å². The van der Waals surface area contributed by atoms with E-state index in [2.05, 4.69) is 17.2 Å². The van der Waals surface area contributed by atoms with Crippen molar-refractivity contribution in [1.29, 1.82) is 0 Å². The Labute approximate surface area is 148 Å². The number of nitrogens with zero attached hydrogens (tertiary/aromatic N) is 3. The van der Waals surface area contributed by atoms with Crippen molar-refractivity contribution < 1.29 is 13.2 Å². The molecule has 0 amide bonds. The highest BCUT2D eigenvalue weighted by atomic mass is 32.2. The lowest BCUT2D eigenvalue weighted by Gasteiger charge is -2.30. The lowest BCUT2D eigenvalue weighted by Crippen LogP contribution is -2.33. The van der Waals surface area contributed by atoms with E-state index in [9.17, 15) is 8.42 Å². The molecule has 1 saturated heterocycles. The molecule has 0 N–H and O–H groups in total. The molecule has 0 bridgehead atoms. The SMILES string of the molecule is COC1(c2ccccc2)CC2CN(S(=O)(=O)c3cnn(C)c3)CC2C1. The van der Waals surface area contributed by atoms with E-state index in [0.29, 0.717) is 24.9 Å². The van der Waals surface area contributed by atoms with Crippen LogP contribution in [0.25, 0.3) is 0 Å². The molecule has 4 rings (SSSR count). The third kappa shape index (κ3) is 2.70. The zero-order valence-corrected chi connectivity index (χ0v) is 15.3. The summed E-state index contributed by atoms with van der Waals surface area (Å²) < 4.78 is 34.7. The molecule has 1 aliphatic carbocycles. The fourth-order valence-electron chi connectivity index (χ4n) is 4.43. The Balaban J connectivity index is 1.54. The highest BCUT2D eigenvalue weighted by Gasteiger charge is 2.52. The first-order chi connectivity index (χ1) is 11.9. The van der Waals surface area contributed by atoms with Gasteiger partial charge < -0.3 is 4.74 Å². The minimum absolute atomic E-state index is 0.274. The lowest BCUT2D eigenvalue weighted by atomic mass is 9.90. The maximum absolute atomic E-state index is 12.8. The highest BCUT2D eigenvalue weighted by molar-refractivity contribution is 7.89. The van der Waals surface area contributed by atoms with Gasteiger partial charge in [-0.05, 0) is 30.2 Å². The third-order valence-corrected chi connectivity index (χ3v) is 7.52. The van der Waals surface area contributed by atoms with Gasteiger partial charge >= 0.3 is 0 Å². The number of aryl methyl sites for hydroxylation is 1. The van der Waals surface area contributed by atoms with Crippen LogP contribution in [0.2, 0.25) is 0 Å². The van der Waals surface area contributed by atoms with Gasteiger partial charge in [0.2, 0.25) is 10.0 Å². The van der Waals surface area contributed by atoms with Gasteiger partial charge in [0.25, 0.3) is 0 Å². The van der Waals surface area contributed by atoms with Crippen LogP contribution in [-0.4, -0.2) is 42.7 Å². The van der Waals surface area contributed by atoms with Crippen LogP contribution in [0.3, 0.4) is 0 Å². The van der Waals surface area contributed by atoms with Gasteiger partial charge in [-0.2, -0.15) is 9.40 Å². The summed E-state index contributed by atoms with van der Waals surface area (Å²) in [5.74, 6) is 0.651. The Morgan fingerprint density at radius 2 is 1.80 bits per heavy atom. The van der Waals surface area contributed by atoms with Gasteiger partial charge in [0.15, 0.2) is 0 Å². The van der Waals surface area contributed by atoms with E-state index in [4.69, 9.17) is 4.74 Å². The van der Waals surface area contributed by atoms with Crippen LogP contribution in [0.5, 0.6) is 0 Å². The molecule has 2 aliphatic rings. The molecule has 2 fully saturated rings. The number of ether oxygens (including phenoxy) is 1. The van der Waals surface area contributed by atoms with E-state index < -0.39 is 10.0 Å². The predicted molar refractivity (Wildman–Crippen MR) is 93.3 cm³/mol. The van der Waals surface area contributed by atoms with Gasteiger partial charge in [-0.3, -0.25) is 4.68 Å². The molecule has 1 aromatic heterocycles. The molecule has 134 valence electrons. The first kappa shape index (κ1) is 16.8. The molecule has 0 spiro atoms. The topological polar surface area (TPSA) is 64.4 Å². The van der Waals surface area contributed by atoms with Crippen LogP contribution in [0.1, 0.15) is 18.4 Å². The summed E-state index contributed by atoms with van der Waals surface area (Å²) in [5, 5.41) is 3.99. The second-order valence-corrected chi connectivity index (χ2v) is 9.10. The van der Waals surface area contributed by atoms with Crippen LogP contribution < -0.4 is 0 Å². The van der Waals surface area contributed by atoms with Gasteiger partial charge in [-0.1, -0.05) is 30.3 Å². The molecule has 2 aromatic rings. The van der Waals surface area contributed by atoms with Gasteiger partial charge in [0, 0.05) is 33.4 Å². The Bertz CT molecular complexity index is 849. The summed E-state index contributed by atoms with van der Waals surface area (Å²) in [5.41, 5.74) is 0.898. The third-order valence-electron chi connectivity index (χ3n) is 5.74. The molecule has 7 heteroatoms. The molecule has 6 nitrogen and oxygen atoms in total. The fraction of sp³-hybridized carbons (Fsp3) is 0.500. The van der Waals surface area contributed by atoms with Crippen LogP contribution in [-0.2, 0) is 27.4 Å². The van der Waals surface area contributed by atoms with Crippen molar-refractivity contribution in [2.24, 2.45) is 18.9 Å². The van der Waals surface area contributed by atoms with E-state index >= 15 is 0 Å². The van der Waals surface area contributed by atoms with E-state index in [1.165, 1.54) is 16.4 Å². The minimum Gasteiger partial charge on any atom is -0.374 e. The fourth-order valence-corrected chi connectivity index (χ4v) is 5.97. The lowest BCUT2D eigenvalue weighted by molar-refractivity contribution is -0.0167. The van der Waals surface area contributed by atoms with Crippen LogP contribution >= 0.6 is 0 Å². The smallest absolute Gasteiger partial charge is 0.246 e. The molecule has 2 atom stereocenters. The molecular formula is C18H23N3O3S. The molecule has 25 heavy (non-hydrogen) atoms. The number of fused-ring (bicyclic) bond motifs is 1. The van der Waals surface area contributed by atoms with Crippen LogP contribution in [0.4, 0.5) is 0 Å². The number of hydrogen-bond donors (Lipinski definition) is 0. The maximum atomic E-state index is 12.8. The highest BCUT2D eigenvalue weighted by Crippen LogP contribution is 2.51. The predicted octanol–water partition coefficient (Wildman–Crippen LogP) is 1.99. The summed E-state index contributed by atoms with van der Waals surface area (Å²) in [6, 6.07) is 10.3. The average Bonchev–Trinajstić information content (AvgIpc) is 3.29. The molecule has 0 radical (unpaired) electrons. The standard InChI is InChI=1S/C18H23N3O3S/c1-20-13-17(10-19-20)25(22,23)21-11-14-8-18(24-2,9-15(14)12-21)16-6-4-3-5-7-16/h3-7,10,13-15H,8-9,11-12H2,1-2H3. The molecular weight excluding hydrogens is 338 g/mol. The molecule has 1 saturated carbocycles. The van der Waals surface area contributed by atoms with Gasteiger partial charge in [0.1, 0.15) is 4.90 Å². The Morgan fingerprint density at radius 3 is 2.32 bits per heavy atom. The molecule has 1 aliphatic heterocycles. The molecule has 2 heterocycles. The Hall–Kier alpha value is -1.70. The van der Waals surface area contributed by atoms with E-state index in [-0.39, 0.29) is 10.5 Å². The van der Waals surface area contributed by atoms with Gasteiger partial charge in [0.05, 0.1) is 11.8 Å². The summed E-state index contributed by atoms with van der Waals surface area (Å²) in [7, 11) is 0.0295. The van der Waals surface area contributed by atoms with Crippen molar-refractivity contribution in [2.75, 3.05) is 20.2 Å². The first-order valence-corrected chi connectivity index (χ1v) is 9.98. The largest absolute Gasteiger partial charge is 0.374 e. The minimum atomic E-state index is -3.46. The zero-order valence-electron chi connectivity index (χ0n) is 14.5. The maximum Gasteiger partial charge on any atom is 0.246 e. The zero-order chi connectivity index (χ0) is 17.7. The normalized spacial score (nSPS) is 29.8. The van der Waals surface area contributed by atoms with Crippen LogP contribution in [0, 0.1) is 11.8 Å². The Morgan fingerprint density at radius 1 is 1.16 bits per heavy atom. The summed E-state index contributed by atoms with van der Waals surface area (Å²) in [6.07, 6.45) is 4.70. The van der Waals surface area contributed by atoms with Crippen LogP contribution in [0.15, 0.2) is 47.6 Å². The van der Waals surface area contributed by atoms with E-state index in [1.54, 1.807) is 24.7 Å². The van der Waals surface area contributed by atoms with Crippen molar-refractivity contribution in [1.82, 2.24) is 14.1 Å². The number of hydrogen-bond acceptors (Lipinski definition) is 4. The second kappa shape index (κ2) is 5.93. The summed E-state index contributed by atoms with van der Waals surface area (Å²) in [6.45, 7) is 1.11. The monoisotopic (exact) mass is 361 g/mol. The van der Waals surface area contributed by atoms with Crippen molar-refractivity contribution in [3.8, 4) is 0 Å². The molecule has 2 unspecified atom stereocenters. The number of sulfonamides is 1. The van der Waals surface area contributed by atoms with Crippen molar-refractivity contribution in [3.63, 3.8) is 0 Å². The van der Waals surface area contributed by atoms with Gasteiger partial charge in [-0.25, -0.2) is 8.42 Å². The second-order valence-electron chi connectivity index (χ2n) is 7.16. The van der Waals surface area contributed by atoms with E-state index in [1.807, 2.05) is 18.2 Å². The summed E-state index contributed by atoms with van der Waals surface area (Å²) in [4.78, 5) is 0.274. The Kier molecular flexibility index (Phi) is 3.97.